The van der Waals surface area contributed by atoms with E-state index in [1.165, 1.54) is 0 Å². The average Bonchev–Trinajstić information content (AvgIpc) is 3.18. The topological polar surface area (TPSA) is 58.6 Å². The second kappa shape index (κ2) is 8.52. The molecule has 0 spiro atoms. The molecule has 136 valence electrons. The first-order valence-corrected chi connectivity index (χ1v) is 8.95. The van der Waals surface area contributed by atoms with E-state index in [4.69, 9.17) is 4.74 Å². The molecule has 0 bridgehead atoms. The summed E-state index contributed by atoms with van der Waals surface area (Å²) in [6, 6.07) is 17.0. The van der Waals surface area contributed by atoms with E-state index in [9.17, 15) is 9.59 Å². The first-order chi connectivity index (χ1) is 12.7. The van der Waals surface area contributed by atoms with Crippen LogP contribution in [0, 0.1) is 0 Å². The van der Waals surface area contributed by atoms with Gasteiger partial charge in [-0.3, -0.25) is 9.59 Å². The number of hydrogen-bond acceptors (Lipinski definition) is 3. The Hall–Kier alpha value is -2.82. The van der Waals surface area contributed by atoms with Crippen LogP contribution in [0.15, 0.2) is 54.6 Å². The monoisotopic (exact) mass is 352 g/mol. The van der Waals surface area contributed by atoms with Crippen molar-refractivity contribution in [2.75, 3.05) is 20.2 Å². The largest absolute Gasteiger partial charge is 0.497 e. The molecule has 1 saturated heterocycles. The van der Waals surface area contributed by atoms with Crippen LogP contribution < -0.4 is 10.1 Å². The van der Waals surface area contributed by atoms with Crippen LogP contribution in [-0.2, 0) is 4.79 Å². The van der Waals surface area contributed by atoms with Gasteiger partial charge in [0.2, 0.25) is 5.91 Å². The van der Waals surface area contributed by atoms with E-state index in [-0.39, 0.29) is 17.9 Å². The smallest absolute Gasteiger partial charge is 0.251 e. The lowest BCUT2D eigenvalue weighted by atomic mass is 10.0. The summed E-state index contributed by atoms with van der Waals surface area (Å²) in [7, 11) is 1.64. The van der Waals surface area contributed by atoms with Gasteiger partial charge in [0, 0.05) is 25.1 Å². The molecule has 0 saturated carbocycles. The Balaban J connectivity index is 1.54. The number of methoxy groups -OCH3 is 1. The van der Waals surface area contributed by atoms with Crippen molar-refractivity contribution in [3.8, 4) is 5.75 Å². The summed E-state index contributed by atoms with van der Waals surface area (Å²) >= 11 is 0. The minimum Gasteiger partial charge on any atom is -0.497 e. The lowest BCUT2D eigenvalue weighted by Gasteiger charge is -2.25. The predicted octanol–water partition coefficient (Wildman–Crippen LogP) is 3.18. The molecule has 0 unspecified atom stereocenters. The van der Waals surface area contributed by atoms with Gasteiger partial charge in [-0.2, -0.15) is 0 Å². The van der Waals surface area contributed by atoms with Gasteiger partial charge in [-0.15, -0.1) is 0 Å². The molecule has 2 amide bonds. The van der Waals surface area contributed by atoms with E-state index in [1.54, 1.807) is 19.2 Å². The second-order valence-corrected chi connectivity index (χ2v) is 6.39. The molecule has 1 N–H and O–H groups in total. The number of amides is 2. The summed E-state index contributed by atoms with van der Waals surface area (Å²) in [5, 5.41) is 2.82. The van der Waals surface area contributed by atoms with Crippen molar-refractivity contribution in [3.63, 3.8) is 0 Å². The van der Waals surface area contributed by atoms with E-state index in [1.807, 2.05) is 47.4 Å². The molecule has 5 nitrogen and oxygen atoms in total. The van der Waals surface area contributed by atoms with Crippen molar-refractivity contribution in [1.82, 2.24) is 10.2 Å². The highest BCUT2D eigenvalue weighted by atomic mass is 16.5. The lowest BCUT2D eigenvalue weighted by molar-refractivity contribution is -0.132. The van der Waals surface area contributed by atoms with E-state index >= 15 is 0 Å². The zero-order valence-electron chi connectivity index (χ0n) is 15.0. The Morgan fingerprint density at radius 3 is 2.54 bits per heavy atom. The number of hydrogen-bond donors (Lipinski definition) is 1. The van der Waals surface area contributed by atoms with Gasteiger partial charge in [0.1, 0.15) is 5.75 Å². The summed E-state index contributed by atoms with van der Waals surface area (Å²) in [4.78, 5) is 26.6. The molecule has 0 aliphatic carbocycles. The van der Waals surface area contributed by atoms with Crippen LogP contribution in [0.3, 0.4) is 0 Å². The van der Waals surface area contributed by atoms with Crippen LogP contribution in [0.4, 0.5) is 0 Å². The van der Waals surface area contributed by atoms with E-state index < -0.39 is 0 Å². The van der Waals surface area contributed by atoms with E-state index in [2.05, 4.69) is 5.32 Å². The summed E-state index contributed by atoms with van der Waals surface area (Å²) in [5.74, 6) is 0.747. The molecule has 1 aliphatic rings. The van der Waals surface area contributed by atoms with Gasteiger partial charge in [0.05, 0.1) is 13.2 Å². The minimum absolute atomic E-state index is 0.0803. The van der Waals surface area contributed by atoms with Crippen molar-refractivity contribution in [2.45, 2.75) is 25.3 Å². The van der Waals surface area contributed by atoms with Crippen molar-refractivity contribution in [1.29, 1.82) is 0 Å². The van der Waals surface area contributed by atoms with Crippen molar-refractivity contribution < 1.29 is 14.3 Å². The maximum Gasteiger partial charge on any atom is 0.251 e. The summed E-state index contributed by atoms with van der Waals surface area (Å²) < 4.78 is 5.20. The van der Waals surface area contributed by atoms with Gasteiger partial charge in [-0.05, 0) is 42.7 Å². The zero-order chi connectivity index (χ0) is 18.4. The first kappa shape index (κ1) is 18.0. The SMILES string of the molecule is COc1ccc([C@@H]2CCCN2C(=O)CCNC(=O)c2ccccc2)cc1. The molecule has 1 fully saturated rings. The second-order valence-electron chi connectivity index (χ2n) is 6.39. The Morgan fingerprint density at radius 1 is 1.12 bits per heavy atom. The third-order valence-electron chi connectivity index (χ3n) is 4.73. The highest BCUT2D eigenvalue weighted by Gasteiger charge is 2.29. The summed E-state index contributed by atoms with van der Waals surface area (Å²) in [6.07, 6.45) is 2.28. The van der Waals surface area contributed by atoms with Crippen molar-refractivity contribution >= 4 is 11.8 Å². The van der Waals surface area contributed by atoms with Crippen molar-refractivity contribution in [3.05, 3.63) is 65.7 Å². The Kier molecular flexibility index (Phi) is 5.89. The lowest BCUT2D eigenvalue weighted by Crippen LogP contribution is -2.34. The maximum absolute atomic E-state index is 12.6. The molecule has 1 aliphatic heterocycles. The number of ether oxygens (including phenoxy) is 1. The fraction of sp³-hybridized carbons (Fsp3) is 0.333. The van der Waals surface area contributed by atoms with Gasteiger partial charge < -0.3 is 15.0 Å². The third kappa shape index (κ3) is 4.23. The van der Waals surface area contributed by atoms with Gasteiger partial charge >= 0.3 is 0 Å². The van der Waals surface area contributed by atoms with Gasteiger partial charge in [-0.1, -0.05) is 30.3 Å². The Morgan fingerprint density at radius 2 is 1.85 bits per heavy atom. The van der Waals surface area contributed by atoms with Crippen LogP contribution in [0.25, 0.3) is 0 Å². The number of likely N-dealkylation sites (tertiary alicyclic amines) is 1. The highest BCUT2D eigenvalue weighted by Crippen LogP contribution is 2.33. The molecule has 5 heteroatoms. The Labute approximate surface area is 154 Å². The molecule has 1 heterocycles. The minimum atomic E-state index is -0.147. The average molecular weight is 352 g/mol. The molecular weight excluding hydrogens is 328 g/mol. The molecule has 0 aromatic heterocycles. The standard InChI is InChI=1S/C21H24N2O3/c1-26-18-11-9-16(10-12-18)19-8-5-15-23(19)20(24)13-14-22-21(25)17-6-3-2-4-7-17/h2-4,6-7,9-12,19H,5,8,13-15H2,1H3,(H,22,25)/t19-/m0/s1. The fourth-order valence-corrected chi connectivity index (χ4v) is 3.36. The quantitative estimate of drug-likeness (QED) is 0.869. The molecule has 0 radical (unpaired) electrons. The van der Waals surface area contributed by atoms with Gasteiger partial charge in [0.25, 0.3) is 5.91 Å². The highest BCUT2D eigenvalue weighted by molar-refractivity contribution is 5.94. The Bertz CT molecular complexity index is 744. The van der Waals surface area contributed by atoms with Crippen LogP contribution in [0.2, 0.25) is 0 Å². The molecule has 1 atom stereocenters. The van der Waals surface area contributed by atoms with Crippen LogP contribution in [0.1, 0.15) is 41.2 Å². The number of nitrogens with one attached hydrogen (secondary N) is 1. The van der Waals surface area contributed by atoms with Crippen molar-refractivity contribution in [2.24, 2.45) is 0 Å². The van der Waals surface area contributed by atoms with E-state index in [0.29, 0.717) is 18.5 Å². The fourth-order valence-electron chi connectivity index (χ4n) is 3.36. The van der Waals surface area contributed by atoms with Crippen LogP contribution in [0.5, 0.6) is 5.75 Å². The first-order valence-electron chi connectivity index (χ1n) is 8.95. The summed E-state index contributed by atoms with van der Waals surface area (Å²) in [5.41, 5.74) is 1.74. The van der Waals surface area contributed by atoms with E-state index in [0.717, 1.165) is 30.7 Å². The van der Waals surface area contributed by atoms with Crippen LogP contribution >= 0.6 is 0 Å². The number of carbonyl (C=O) groups is 2. The molecule has 2 aromatic rings. The number of benzene rings is 2. The molecule has 3 rings (SSSR count). The molecule has 2 aromatic carbocycles. The number of nitrogens with zero attached hydrogens (tertiary/aromatic N) is 1. The van der Waals surface area contributed by atoms with Crippen LogP contribution in [-0.4, -0.2) is 36.9 Å². The normalized spacial score (nSPS) is 16.3. The van der Waals surface area contributed by atoms with Gasteiger partial charge in [0.15, 0.2) is 0 Å². The van der Waals surface area contributed by atoms with Gasteiger partial charge in [-0.25, -0.2) is 0 Å². The molecular formula is C21H24N2O3. The number of carbonyl (C=O) groups excluding carboxylic acids is 2. The summed E-state index contributed by atoms with van der Waals surface area (Å²) in [6.45, 7) is 1.11. The zero-order valence-corrected chi connectivity index (χ0v) is 15.0. The number of rotatable bonds is 6. The predicted molar refractivity (Wildman–Crippen MR) is 100 cm³/mol. The third-order valence-corrected chi connectivity index (χ3v) is 4.73. The molecule has 26 heavy (non-hydrogen) atoms. The maximum atomic E-state index is 12.6.